The molecule has 1 unspecified atom stereocenters. The highest BCUT2D eigenvalue weighted by Crippen LogP contribution is 2.26. The number of amidine groups is 1. The molecule has 2 nitrogen and oxygen atoms in total. The summed E-state index contributed by atoms with van der Waals surface area (Å²) in [5, 5.41) is 4.45. The fourth-order valence-corrected chi connectivity index (χ4v) is 2.91. The van der Waals surface area contributed by atoms with Crippen molar-refractivity contribution in [1.82, 2.24) is 0 Å². The van der Waals surface area contributed by atoms with E-state index in [0.717, 1.165) is 23.2 Å². The summed E-state index contributed by atoms with van der Waals surface area (Å²) >= 11 is 5.39. The second-order valence-electron chi connectivity index (χ2n) is 4.61. The van der Waals surface area contributed by atoms with Gasteiger partial charge < -0.3 is 5.32 Å². The lowest BCUT2D eigenvalue weighted by Gasteiger charge is -2.18. The molecule has 0 amide bonds. The molecule has 0 radical (unpaired) electrons. The van der Waals surface area contributed by atoms with Crippen LogP contribution in [0.5, 0.6) is 0 Å². The summed E-state index contributed by atoms with van der Waals surface area (Å²) in [6, 6.07) is 4.30. The number of hydrogen-bond acceptors (Lipinski definition) is 3. The molecular formula is C13H17BrN2S. The third-order valence-corrected chi connectivity index (χ3v) is 5.23. The first-order chi connectivity index (χ1) is 8.06. The fraction of sp³-hybridized carbons (Fsp3) is 0.462. The minimum absolute atomic E-state index is 0.693. The molecule has 0 aliphatic carbocycles. The van der Waals surface area contributed by atoms with Crippen LogP contribution in [0, 0.1) is 19.8 Å². The number of aryl methyl sites for hydroxylation is 2. The van der Waals surface area contributed by atoms with Gasteiger partial charge in [0.15, 0.2) is 5.17 Å². The lowest BCUT2D eigenvalue weighted by Crippen LogP contribution is -2.18. The van der Waals surface area contributed by atoms with E-state index in [0.29, 0.717) is 5.92 Å². The second-order valence-corrected chi connectivity index (χ2v) is 6.41. The summed E-state index contributed by atoms with van der Waals surface area (Å²) in [4.78, 5) is 4.54. The number of benzene rings is 1. The van der Waals surface area contributed by atoms with E-state index in [1.54, 1.807) is 0 Å². The van der Waals surface area contributed by atoms with Gasteiger partial charge in [0.05, 0.1) is 0 Å². The van der Waals surface area contributed by atoms with Crippen LogP contribution in [0.2, 0.25) is 0 Å². The third-order valence-electron chi connectivity index (χ3n) is 2.74. The molecule has 0 saturated carbocycles. The van der Waals surface area contributed by atoms with Gasteiger partial charge in [-0.25, -0.2) is 0 Å². The van der Waals surface area contributed by atoms with Gasteiger partial charge >= 0.3 is 0 Å². The van der Waals surface area contributed by atoms with E-state index in [2.05, 4.69) is 59.1 Å². The Morgan fingerprint density at radius 3 is 2.53 bits per heavy atom. The Hall–Kier alpha value is -0.480. The summed E-state index contributed by atoms with van der Waals surface area (Å²) in [5.74, 6) is 1.85. The maximum absolute atomic E-state index is 4.54. The Morgan fingerprint density at radius 2 is 2.00 bits per heavy atom. The van der Waals surface area contributed by atoms with Crippen molar-refractivity contribution in [3.8, 4) is 0 Å². The molecule has 92 valence electrons. The first-order valence-corrected chi connectivity index (χ1v) is 7.55. The number of hydrogen-bond donors (Lipinski definition) is 1. The van der Waals surface area contributed by atoms with Crippen molar-refractivity contribution in [2.24, 2.45) is 10.9 Å². The number of thioether (sulfide) groups is 1. The SMILES string of the molecule is Cc1cc(NC2=NCC(C)CS2)cc(C)c1Br. The number of nitrogens with one attached hydrogen (secondary N) is 1. The fourth-order valence-electron chi connectivity index (χ4n) is 1.78. The molecule has 1 aromatic rings. The van der Waals surface area contributed by atoms with Gasteiger partial charge in [0, 0.05) is 22.5 Å². The monoisotopic (exact) mass is 312 g/mol. The van der Waals surface area contributed by atoms with E-state index in [1.165, 1.54) is 15.6 Å². The Morgan fingerprint density at radius 1 is 1.35 bits per heavy atom. The predicted molar refractivity (Wildman–Crippen MR) is 81.2 cm³/mol. The van der Waals surface area contributed by atoms with Gasteiger partial charge in [0.2, 0.25) is 0 Å². The summed E-state index contributed by atoms with van der Waals surface area (Å²) in [5.41, 5.74) is 3.63. The molecule has 1 aromatic carbocycles. The van der Waals surface area contributed by atoms with E-state index >= 15 is 0 Å². The highest BCUT2D eigenvalue weighted by molar-refractivity contribution is 9.10. The average Bonchev–Trinajstić information content (AvgIpc) is 2.29. The van der Waals surface area contributed by atoms with Gasteiger partial charge in [-0.1, -0.05) is 34.6 Å². The van der Waals surface area contributed by atoms with Crippen LogP contribution >= 0.6 is 27.7 Å². The van der Waals surface area contributed by atoms with Crippen LogP contribution in [0.15, 0.2) is 21.6 Å². The molecule has 0 aromatic heterocycles. The van der Waals surface area contributed by atoms with Crippen LogP contribution < -0.4 is 5.32 Å². The first kappa shape index (κ1) is 13.0. The van der Waals surface area contributed by atoms with Crippen molar-refractivity contribution in [1.29, 1.82) is 0 Å². The maximum Gasteiger partial charge on any atom is 0.161 e. The standard InChI is InChI=1S/C13H17BrN2S/c1-8-6-15-13(17-7-8)16-11-4-9(2)12(14)10(3)5-11/h4-5,8H,6-7H2,1-3H3,(H,15,16). The van der Waals surface area contributed by atoms with Gasteiger partial charge in [-0.15, -0.1) is 0 Å². The number of rotatable bonds is 1. The molecular weight excluding hydrogens is 296 g/mol. The summed E-state index contributed by atoms with van der Waals surface area (Å²) < 4.78 is 1.19. The topological polar surface area (TPSA) is 24.4 Å². The van der Waals surface area contributed by atoms with Crippen molar-refractivity contribution in [3.63, 3.8) is 0 Å². The molecule has 1 heterocycles. The molecule has 2 rings (SSSR count). The minimum Gasteiger partial charge on any atom is -0.335 e. The molecule has 17 heavy (non-hydrogen) atoms. The van der Waals surface area contributed by atoms with Gasteiger partial charge in [-0.2, -0.15) is 0 Å². The molecule has 0 spiro atoms. The van der Waals surface area contributed by atoms with E-state index in [4.69, 9.17) is 0 Å². The van der Waals surface area contributed by atoms with Crippen LogP contribution in [0.25, 0.3) is 0 Å². The van der Waals surface area contributed by atoms with Crippen molar-refractivity contribution in [2.45, 2.75) is 20.8 Å². The number of aliphatic imine (C=N–C) groups is 1. The summed E-state index contributed by atoms with van der Waals surface area (Å²) in [6.07, 6.45) is 0. The van der Waals surface area contributed by atoms with Crippen molar-refractivity contribution in [2.75, 3.05) is 17.6 Å². The first-order valence-electron chi connectivity index (χ1n) is 5.77. The predicted octanol–water partition coefficient (Wildman–Crippen LogP) is 4.22. The highest BCUT2D eigenvalue weighted by atomic mass is 79.9. The van der Waals surface area contributed by atoms with Crippen molar-refractivity contribution >= 4 is 38.5 Å². The third kappa shape index (κ3) is 3.26. The quantitative estimate of drug-likeness (QED) is 0.839. The molecule has 0 saturated heterocycles. The van der Waals surface area contributed by atoms with Crippen LogP contribution in [0.1, 0.15) is 18.1 Å². The zero-order valence-corrected chi connectivity index (χ0v) is 12.8. The Labute approximate surface area is 115 Å². The Bertz CT molecular complexity index is 434. The van der Waals surface area contributed by atoms with Gasteiger partial charge in [0.25, 0.3) is 0 Å². The lowest BCUT2D eigenvalue weighted by atomic mass is 10.1. The highest BCUT2D eigenvalue weighted by Gasteiger charge is 2.12. The van der Waals surface area contributed by atoms with Gasteiger partial charge in [-0.05, 0) is 43.0 Å². The van der Waals surface area contributed by atoms with Crippen molar-refractivity contribution in [3.05, 3.63) is 27.7 Å². The average molecular weight is 313 g/mol. The molecule has 1 N–H and O–H groups in total. The van der Waals surface area contributed by atoms with Crippen LogP contribution in [-0.4, -0.2) is 17.5 Å². The number of anilines is 1. The lowest BCUT2D eigenvalue weighted by molar-refractivity contribution is 0.674. The molecule has 0 fully saturated rings. The van der Waals surface area contributed by atoms with Gasteiger partial charge in [-0.3, -0.25) is 4.99 Å². The van der Waals surface area contributed by atoms with Crippen LogP contribution in [0.3, 0.4) is 0 Å². The molecule has 1 atom stereocenters. The second kappa shape index (κ2) is 5.44. The molecule has 4 heteroatoms. The van der Waals surface area contributed by atoms with E-state index in [-0.39, 0.29) is 0 Å². The van der Waals surface area contributed by atoms with E-state index in [1.807, 2.05) is 11.8 Å². The van der Waals surface area contributed by atoms with Crippen LogP contribution in [-0.2, 0) is 0 Å². The maximum atomic E-state index is 4.54. The zero-order valence-electron chi connectivity index (χ0n) is 10.4. The molecule has 1 aliphatic rings. The largest absolute Gasteiger partial charge is 0.335 e. The minimum atomic E-state index is 0.693. The normalized spacial score (nSPS) is 20.0. The van der Waals surface area contributed by atoms with E-state index in [9.17, 15) is 0 Å². The Kier molecular flexibility index (Phi) is 4.15. The van der Waals surface area contributed by atoms with Gasteiger partial charge in [0.1, 0.15) is 0 Å². The zero-order chi connectivity index (χ0) is 12.4. The van der Waals surface area contributed by atoms with Crippen LogP contribution in [0.4, 0.5) is 5.69 Å². The Balaban J connectivity index is 2.14. The molecule has 0 bridgehead atoms. The number of nitrogens with zero attached hydrogens (tertiary/aromatic N) is 1. The summed E-state index contributed by atoms with van der Waals surface area (Å²) in [6.45, 7) is 7.39. The summed E-state index contributed by atoms with van der Waals surface area (Å²) in [7, 11) is 0. The smallest absolute Gasteiger partial charge is 0.161 e. The number of halogens is 1. The van der Waals surface area contributed by atoms with E-state index < -0.39 is 0 Å². The van der Waals surface area contributed by atoms with Crippen molar-refractivity contribution < 1.29 is 0 Å². The molecule has 1 aliphatic heterocycles.